The molecule has 2 saturated heterocycles. The van der Waals surface area contributed by atoms with E-state index in [1.807, 2.05) is 74.5 Å². The highest BCUT2D eigenvalue weighted by Crippen LogP contribution is 2.34. The SMILES string of the molecule is CB(O)N1C[C@H](O)C[C@H]1C(=O)O.CB(O)N1C[C@H](Oc2cc(-c3ccccc3)nc3c(C)noc23)C[C@H]1C(=O)O.CC(C)(C)C.Cc1noc2c(Cl)cc(-c3ccccc3)nc12. The van der Waals surface area contributed by atoms with Gasteiger partial charge in [-0.2, -0.15) is 0 Å². The number of pyridine rings is 2. The number of halogens is 1. The van der Waals surface area contributed by atoms with Gasteiger partial charge in [0.1, 0.15) is 40.6 Å². The molecule has 4 aromatic heterocycles. The van der Waals surface area contributed by atoms with Gasteiger partial charge in [0.25, 0.3) is 0 Å². The predicted octanol–water partition coefficient (Wildman–Crippen LogP) is 6.74. The fraction of sp³-hybridized carbons (Fsp3) is 0.395. The lowest BCUT2D eigenvalue weighted by molar-refractivity contribution is -0.141. The zero-order chi connectivity index (χ0) is 45.5. The number of aryl methyl sites for hydroxylation is 2. The van der Waals surface area contributed by atoms with E-state index in [2.05, 4.69) is 48.0 Å². The number of nitrogens with zero attached hydrogens (tertiary/aromatic N) is 6. The summed E-state index contributed by atoms with van der Waals surface area (Å²) >= 11 is 6.15. The van der Waals surface area contributed by atoms with Crippen molar-refractivity contribution in [2.45, 2.75) is 92.3 Å². The quantitative estimate of drug-likeness (QED) is 0.0998. The van der Waals surface area contributed by atoms with Gasteiger partial charge in [0.15, 0.2) is 5.75 Å². The molecule has 19 heteroatoms. The van der Waals surface area contributed by atoms with Crippen molar-refractivity contribution in [3.8, 4) is 28.3 Å². The summed E-state index contributed by atoms with van der Waals surface area (Å²) in [7, 11) is -1.69. The van der Waals surface area contributed by atoms with Crippen molar-refractivity contribution in [1.82, 2.24) is 29.9 Å². The van der Waals surface area contributed by atoms with E-state index in [-0.39, 0.29) is 19.4 Å². The molecule has 0 unspecified atom stereocenters. The fourth-order valence-electron chi connectivity index (χ4n) is 6.83. The second-order valence-corrected chi connectivity index (χ2v) is 17.3. The maximum Gasteiger partial charge on any atom is 0.377 e. The molecule has 328 valence electrons. The molecule has 0 radical (unpaired) electrons. The summed E-state index contributed by atoms with van der Waals surface area (Å²) in [5.41, 5.74) is 7.70. The van der Waals surface area contributed by atoms with Gasteiger partial charge < -0.3 is 48.8 Å². The molecule has 2 aliphatic rings. The molecule has 2 aliphatic heterocycles. The van der Waals surface area contributed by atoms with Gasteiger partial charge in [-0.3, -0.25) is 9.59 Å². The van der Waals surface area contributed by atoms with E-state index in [0.29, 0.717) is 45.1 Å². The Morgan fingerprint density at radius 1 is 0.742 bits per heavy atom. The molecule has 0 bridgehead atoms. The maximum absolute atomic E-state index is 11.5. The number of aliphatic hydroxyl groups is 1. The average Bonchev–Trinajstić information content (AvgIpc) is 4.01. The first kappa shape index (κ1) is 47.7. The van der Waals surface area contributed by atoms with Crippen LogP contribution >= 0.6 is 11.6 Å². The van der Waals surface area contributed by atoms with Crippen LogP contribution in [0.15, 0.2) is 81.8 Å². The Labute approximate surface area is 365 Å². The van der Waals surface area contributed by atoms with Gasteiger partial charge >= 0.3 is 26.0 Å². The Hall–Kier alpha value is -5.36. The fourth-order valence-corrected chi connectivity index (χ4v) is 7.06. The lowest BCUT2D eigenvalue weighted by Gasteiger charge is -2.21. The van der Waals surface area contributed by atoms with Crippen LogP contribution in [0, 0.1) is 19.3 Å². The number of carboxylic acids is 2. The number of hydrogen-bond donors (Lipinski definition) is 5. The number of benzene rings is 2. The van der Waals surface area contributed by atoms with Crippen LogP contribution in [-0.4, -0.2) is 119 Å². The lowest BCUT2D eigenvalue weighted by Crippen LogP contribution is -2.45. The van der Waals surface area contributed by atoms with E-state index in [4.69, 9.17) is 40.6 Å². The summed E-state index contributed by atoms with van der Waals surface area (Å²) in [5.74, 6) is -1.51. The zero-order valence-corrected chi connectivity index (χ0v) is 36.8. The third-order valence-corrected chi connectivity index (χ3v) is 9.96. The number of rotatable bonds is 8. The number of aromatic nitrogens is 4. The van der Waals surface area contributed by atoms with Gasteiger partial charge in [0.05, 0.1) is 22.5 Å². The van der Waals surface area contributed by atoms with Crippen LogP contribution in [-0.2, 0) is 9.59 Å². The van der Waals surface area contributed by atoms with E-state index in [0.717, 1.165) is 33.7 Å². The maximum atomic E-state index is 11.5. The van der Waals surface area contributed by atoms with Crippen molar-refractivity contribution in [1.29, 1.82) is 0 Å². The number of carboxylic acid groups (broad SMARTS) is 2. The Balaban J connectivity index is 0.000000181. The largest absolute Gasteiger partial charge is 0.485 e. The number of ether oxygens (including phenoxy) is 1. The average molecular weight is 871 g/mol. The highest BCUT2D eigenvalue weighted by Gasteiger charge is 2.42. The normalized spacial score (nSPS) is 18.8. The Kier molecular flexibility index (Phi) is 15.9. The second-order valence-electron chi connectivity index (χ2n) is 16.8. The lowest BCUT2D eigenvalue weighted by atomic mass is 9.84. The van der Waals surface area contributed by atoms with Crippen molar-refractivity contribution < 1.29 is 48.7 Å². The standard InChI is InChI=1S/C19H20BN3O5.C13H9ClN2O.C6H12BNO4.C5H12/c1-11-17-18(28-22-11)16(9-14(21-17)12-6-4-3-5-7-12)27-13-8-15(19(24)25)23(10-13)20(2)26;1-8-12-13(17-16-8)10(14)7-11(15-12)9-5-3-2-4-6-9;1-7(12)8-3-4(9)2-5(8)6(10)11;1-5(2,3)4/h3-7,9,13,15,26H,8,10H2,1-2H3,(H,24,25);2-7H,1H3;4-5,9,12H,2-3H2,1H3,(H,10,11);1-4H3/t13-,15+;;4-,5+;/m1.1./s1. The summed E-state index contributed by atoms with van der Waals surface area (Å²) in [6.07, 6.45) is -0.589. The molecule has 6 heterocycles. The third kappa shape index (κ3) is 12.4. The zero-order valence-electron chi connectivity index (χ0n) is 36.1. The van der Waals surface area contributed by atoms with Gasteiger partial charge in [-0.25, -0.2) is 9.97 Å². The van der Waals surface area contributed by atoms with E-state index < -0.39 is 50.3 Å². The first-order chi connectivity index (χ1) is 29.2. The number of aliphatic hydroxyl groups excluding tert-OH is 1. The van der Waals surface area contributed by atoms with Gasteiger partial charge in [0, 0.05) is 36.7 Å². The summed E-state index contributed by atoms with van der Waals surface area (Å²) < 4.78 is 16.7. The number of β-amino-alcohol motifs (C(OH)–C–C–N with tert-alkyl or cyclic N) is 1. The minimum Gasteiger partial charge on any atom is -0.485 e. The molecule has 8 rings (SSSR count). The van der Waals surface area contributed by atoms with Crippen molar-refractivity contribution in [2.24, 2.45) is 5.41 Å². The molecule has 6 aromatic rings. The van der Waals surface area contributed by atoms with Crippen molar-refractivity contribution >= 4 is 59.8 Å². The Bertz CT molecular complexity index is 2420. The van der Waals surface area contributed by atoms with E-state index >= 15 is 0 Å². The Morgan fingerprint density at radius 3 is 1.63 bits per heavy atom. The molecular weight excluding hydrogens is 818 g/mol. The molecule has 0 saturated carbocycles. The number of aliphatic carboxylic acids is 2. The second kappa shape index (κ2) is 20.7. The predicted molar refractivity (Wildman–Crippen MR) is 238 cm³/mol. The first-order valence-corrected chi connectivity index (χ1v) is 20.6. The monoisotopic (exact) mass is 870 g/mol. The summed E-state index contributed by atoms with van der Waals surface area (Å²) in [6, 6.07) is 21.6. The smallest absolute Gasteiger partial charge is 0.377 e. The molecule has 0 spiro atoms. The number of hydrogen-bond acceptors (Lipinski definition) is 14. The van der Waals surface area contributed by atoms with E-state index in [1.165, 1.54) is 16.4 Å². The highest BCUT2D eigenvalue weighted by atomic mass is 35.5. The third-order valence-electron chi connectivity index (χ3n) is 9.68. The summed E-state index contributed by atoms with van der Waals surface area (Å²) in [4.78, 5) is 34.2. The molecule has 0 aliphatic carbocycles. The van der Waals surface area contributed by atoms with Crippen LogP contribution in [0.2, 0.25) is 18.7 Å². The topological polar surface area (TPSA) is 229 Å². The van der Waals surface area contributed by atoms with E-state index in [9.17, 15) is 19.7 Å². The van der Waals surface area contributed by atoms with Crippen LogP contribution in [0.3, 0.4) is 0 Å². The van der Waals surface area contributed by atoms with Crippen LogP contribution in [0.1, 0.15) is 51.9 Å². The molecular formula is C43H53B2ClN6O10. The minimum atomic E-state index is -0.993. The summed E-state index contributed by atoms with van der Waals surface area (Å²) in [5, 5.41) is 54.7. The van der Waals surface area contributed by atoms with Crippen LogP contribution in [0.5, 0.6) is 5.75 Å². The molecule has 16 nitrogen and oxygen atoms in total. The Morgan fingerprint density at radius 2 is 1.18 bits per heavy atom. The van der Waals surface area contributed by atoms with Crippen molar-refractivity contribution in [3.63, 3.8) is 0 Å². The molecule has 62 heavy (non-hydrogen) atoms. The number of fused-ring (bicyclic) bond motifs is 2. The molecule has 2 fully saturated rings. The first-order valence-electron chi connectivity index (χ1n) is 20.2. The van der Waals surface area contributed by atoms with Gasteiger partial charge in [-0.15, -0.1) is 0 Å². The molecule has 5 N–H and O–H groups in total. The highest BCUT2D eigenvalue weighted by molar-refractivity contribution is 6.46. The molecule has 2 aromatic carbocycles. The van der Waals surface area contributed by atoms with Crippen molar-refractivity contribution in [2.75, 3.05) is 13.1 Å². The van der Waals surface area contributed by atoms with Gasteiger partial charge in [-0.1, -0.05) is 110 Å². The van der Waals surface area contributed by atoms with Crippen LogP contribution in [0.25, 0.3) is 44.7 Å². The molecule has 0 amide bonds. The number of carbonyl (C=O) groups is 2. The van der Waals surface area contributed by atoms with Crippen LogP contribution < -0.4 is 4.74 Å². The van der Waals surface area contributed by atoms with Crippen molar-refractivity contribution in [3.05, 3.63) is 89.2 Å². The van der Waals surface area contributed by atoms with Gasteiger partial charge in [-0.05, 0) is 45.4 Å². The minimum absolute atomic E-state index is 0.195. The van der Waals surface area contributed by atoms with E-state index in [1.54, 1.807) is 19.0 Å². The summed E-state index contributed by atoms with van der Waals surface area (Å²) in [6.45, 7) is 16.0. The van der Waals surface area contributed by atoms with Crippen LogP contribution in [0.4, 0.5) is 0 Å². The van der Waals surface area contributed by atoms with Gasteiger partial charge in [0.2, 0.25) is 11.2 Å². The molecule has 4 atom stereocenters.